The van der Waals surface area contributed by atoms with Gasteiger partial charge in [0.15, 0.2) is 0 Å². The van der Waals surface area contributed by atoms with Crippen LogP contribution in [0.15, 0.2) is 0 Å². The number of carbonyl (C=O) groups is 1. The Morgan fingerprint density at radius 3 is 2.67 bits per heavy atom. The van der Waals surface area contributed by atoms with E-state index in [-0.39, 0.29) is 5.41 Å². The molecule has 100 valence electrons. The van der Waals surface area contributed by atoms with E-state index in [2.05, 4.69) is 13.8 Å². The molecule has 1 aliphatic carbocycles. The van der Waals surface area contributed by atoms with E-state index in [1.54, 1.807) is 11.3 Å². The number of rotatable bonds is 3. The molecule has 0 unspecified atom stereocenters. The minimum Gasteiger partial charge on any atom is -0.478 e. The van der Waals surface area contributed by atoms with Crippen molar-refractivity contribution in [3.8, 4) is 0 Å². The van der Waals surface area contributed by atoms with E-state index in [1.807, 2.05) is 19.0 Å². The highest BCUT2D eigenvalue weighted by molar-refractivity contribution is 7.12. The smallest absolute Gasteiger partial charge is 0.337 e. The molecule has 1 aromatic rings. The molecule has 0 amide bonds. The van der Waals surface area contributed by atoms with E-state index in [0.29, 0.717) is 5.56 Å². The molecule has 18 heavy (non-hydrogen) atoms. The minimum atomic E-state index is -0.762. The van der Waals surface area contributed by atoms with Crippen molar-refractivity contribution in [2.24, 2.45) is 5.41 Å². The first-order valence-electron chi connectivity index (χ1n) is 6.31. The summed E-state index contributed by atoms with van der Waals surface area (Å²) in [5.41, 5.74) is 1.91. The number of carboxylic acid groups (broad SMARTS) is 1. The molecule has 1 N–H and O–H groups in total. The molecule has 0 radical (unpaired) electrons. The normalized spacial score (nSPS) is 17.8. The Hall–Kier alpha value is -0.870. The van der Waals surface area contributed by atoms with Crippen LogP contribution in [-0.4, -0.2) is 30.1 Å². The third kappa shape index (κ3) is 2.59. The van der Waals surface area contributed by atoms with Gasteiger partial charge in [-0.15, -0.1) is 11.3 Å². The SMILES string of the molecule is CN(C)Cc1sc2c(c1C(=O)O)CC(C)(C)CC2. The van der Waals surface area contributed by atoms with Crippen LogP contribution in [0.3, 0.4) is 0 Å². The Bertz CT molecular complexity index is 474. The molecule has 4 heteroatoms. The number of fused-ring (bicyclic) bond motifs is 1. The lowest BCUT2D eigenvalue weighted by atomic mass is 9.76. The summed E-state index contributed by atoms with van der Waals surface area (Å²) in [7, 11) is 3.96. The lowest BCUT2D eigenvalue weighted by Gasteiger charge is -2.29. The minimum absolute atomic E-state index is 0.230. The Balaban J connectivity index is 2.46. The van der Waals surface area contributed by atoms with Gasteiger partial charge in [-0.25, -0.2) is 4.79 Å². The van der Waals surface area contributed by atoms with Crippen molar-refractivity contribution in [3.05, 3.63) is 20.9 Å². The summed E-state index contributed by atoms with van der Waals surface area (Å²) in [5.74, 6) is -0.762. The fourth-order valence-corrected chi connectivity index (χ4v) is 4.06. The van der Waals surface area contributed by atoms with Crippen LogP contribution in [0.4, 0.5) is 0 Å². The van der Waals surface area contributed by atoms with Crippen LogP contribution >= 0.6 is 11.3 Å². The average Bonchev–Trinajstić information content (AvgIpc) is 2.52. The van der Waals surface area contributed by atoms with Crippen LogP contribution in [0.1, 0.15) is 45.9 Å². The number of aromatic carboxylic acids is 1. The molecule has 1 heterocycles. The quantitative estimate of drug-likeness (QED) is 0.915. The van der Waals surface area contributed by atoms with Crippen molar-refractivity contribution in [2.45, 2.75) is 39.7 Å². The summed E-state index contributed by atoms with van der Waals surface area (Å²) in [6.07, 6.45) is 3.08. The topological polar surface area (TPSA) is 40.5 Å². The standard InChI is InChI=1S/C14H21NO2S/c1-14(2)6-5-10-9(7-14)12(13(16)17)11(18-10)8-15(3)4/h5-8H2,1-4H3,(H,16,17). The molecule has 0 fully saturated rings. The van der Waals surface area contributed by atoms with Gasteiger partial charge in [0.05, 0.1) is 5.56 Å². The summed E-state index contributed by atoms with van der Waals surface area (Å²) >= 11 is 1.70. The Morgan fingerprint density at radius 1 is 1.44 bits per heavy atom. The van der Waals surface area contributed by atoms with Crippen LogP contribution in [-0.2, 0) is 19.4 Å². The van der Waals surface area contributed by atoms with Crippen molar-refractivity contribution in [2.75, 3.05) is 14.1 Å². The van der Waals surface area contributed by atoms with Gasteiger partial charge in [-0.05, 0) is 44.3 Å². The molecular formula is C14H21NO2S. The van der Waals surface area contributed by atoms with Crippen LogP contribution in [0.5, 0.6) is 0 Å². The summed E-state index contributed by atoms with van der Waals surface area (Å²) in [4.78, 5) is 15.9. The number of hydrogen-bond donors (Lipinski definition) is 1. The second kappa shape index (κ2) is 4.67. The van der Waals surface area contributed by atoms with Gasteiger partial charge in [0.1, 0.15) is 0 Å². The molecule has 0 bridgehead atoms. The molecule has 1 aliphatic rings. The maximum absolute atomic E-state index is 11.5. The fraction of sp³-hybridized carbons (Fsp3) is 0.643. The van der Waals surface area contributed by atoms with Gasteiger partial charge >= 0.3 is 5.97 Å². The molecule has 0 aromatic carbocycles. The maximum atomic E-state index is 11.5. The van der Waals surface area contributed by atoms with Gasteiger partial charge in [-0.3, -0.25) is 0 Å². The number of carboxylic acids is 1. The highest BCUT2D eigenvalue weighted by atomic mass is 32.1. The van der Waals surface area contributed by atoms with Crippen LogP contribution in [0.25, 0.3) is 0 Å². The number of nitrogens with zero attached hydrogens (tertiary/aromatic N) is 1. The zero-order valence-electron chi connectivity index (χ0n) is 11.5. The van der Waals surface area contributed by atoms with Crippen molar-refractivity contribution in [1.82, 2.24) is 4.90 Å². The van der Waals surface area contributed by atoms with E-state index >= 15 is 0 Å². The lowest BCUT2D eigenvalue weighted by Crippen LogP contribution is -2.22. The van der Waals surface area contributed by atoms with Gasteiger partial charge in [-0.1, -0.05) is 13.8 Å². The summed E-state index contributed by atoms with van der Waals surface area (Å²) < 4.78 is 0. The van der Waals surface area contributed by atoms with Crippen molar-refractivity contribution in [1.29, 1.82) is 0 Å². The highest BCUT2D eigenvalue weighted by Gasteiger charge is 2.32. The maximum Gasteiger partial charge on any atom is 0.337 e. The third-order valence-electron chi connectivity index (χ3n) is 3.52. The molecule has 2 rings (SSSR count). The number of thiophene rings is 1. The monoisotopic (exact) mass is 267 g/mol. The van der Waals surface area contributed by atoms with Gasteiger partial charge in [-0.2, -0.15) is 0 Å². The van der Waals surface area contributed by atoms with Gasteiger partial charge in [0.2, 0.25) is 0 Å². The van der Waals surface area contributed by atoms with Crippen molar-refractivity contribution >= 4 is 17.3 Å². The van der Waals surface area contributed by atoms with E-state index < -0.39 is 5.97 Å². The lowest BCUT2D eigenvalue weighted by molar-refractivity contribution is 0.0693. The molecule has 0 atom stereocenters. The van der Waals surface area contributed by atoms with Crippen LogP contribution < -0.4 is 0 Å². The molecular weight excluding hydrogens is 246 g/mol. The Labute approximate surface area is 112 Å². The van der Waals surface area contributed by atoms with Gasteiger partial charge < -0.3 is 10.0 Å². The molecule has 0 saturated heterocycles. The Morgan fingerprint density at radius 2 is 2.11 bits per heavy atom. The van der Waals surface area contributed by atoms with Gasteiger partial charge in [0.25, 0.3) is 0 Å². The van der Waals surface area contributed by atoms with Crippen LogP contribution in [0, 0.1) is 5.41 Å². The summed E-state index contributed by atoms with van der Waals surface area (Å²) in [6.45, 7) is 5.18. The molecule has 3 nitrogen and oxygen atoms in total. The zero-order valence-corrected chi connectivity index (χ0v) is 12.4. The summed E-state index contributed by atoms with van der Waals surface area (Å²) in [5, 5.41) is 9.48. The first kappa shape index (κ1) is 13.6. The predicted octanol–water partition coefficient (Wildman–Crippen LogP) is 3.02. The molecule has 0 aliphatic heterocycles. The van der Waals surface area contributed by atoms with Crippen molar-refractivity contribution < 1.29 is 9.90 Å². The van der Waals surface area contributed by atoms with Gasteiger partial charge in [0, 0.05) is 16.3 Å². The highest BCUT2D eigenvalue weighted by Crippen LogP contribution is 2.41. The van der Waals surface area contributed by atoms with Crippen LogP contribution in [0.2, 0.25) is 0 Å². The van der Waals surface area contributed by atoms with Crippen molar-refractivity contribution in [3.63, 3.8) is 0 Å². The predicted molar refractivity (Wildman–Crippen MR) is 74.5 cm³/mol. The summed E-state index contributed by atoms with van der Waals surface area (Å²) in [6, 6.07) is 0. The first-order valence-corrected chi connectivity index (χ1v) is 7.13. The molecule has 0 spiro atoms. The number of aryl methyl sites for hydroxylation is 1. The second-order valence-electron chi connectivity index (χ2n) is 6.19. The average molecular weight is 267 g/mol. The zero-order chi connectivity index (χ0) is 13.5. The Kier molecular flexibility index (Phi) is 3.52. The fourth-order valence-electron chi connectivity index (χ4n) is 2.62. The van der Waals surface area contributed by atoms with E-state index in [9.17, 15) is 9.90 Å². The first-order chi connectivity index (χ1) is 8.30. The van der Waals surface area contributed by atoms with E-state index in [1.165, 1.54) is 4.88 Å². The second-order valence-corrected chi connectivity index (χ2v) is 7.38. The number of hydrogen-bond acceptors (Lipinski definition) is 3. The van der Waals surface area contributed by atoms with E-state index in [4.69, 9.17) is 0 Å². The van der Waals surface area contributed by atoms with E-state index in [0.717, 1.165) is 36.2 Å². The molecule has 1 aromatic heterocycles. The molecule has 0 saturated carbocycles. The third-order valence-corrected chi connectivity index (χ3v) is 4.80. The largest absolute Gasteiger partial charge is 0.478 e.